The van der Waals surface area contributed by atoms with Gasteiger partial charge in [0.1, 0.15) is 0 Å². The molecule has 1 saturated carbocycles. The summed E-state index contributed by atoms with van der Waals surface area (Å²) >= 11 is 0. The van der Waals surface area contributed by atoms with E-state index in [-0.39, 0.29) is 24.5 Å². The van der Waals surface area contributed by atoms with Crippen LogP contribution in [0.25, 0.3) is 0 Å². The Morgan fingerprint density at radius 2 is 1.90 bits per heavy atom. The fourth-order valence-electron chi connectivity index (χ4n) is 3.57. The first-order chi connectivity index (χ1) is 9.49. The normalized spacial score (nSPS) is 29.9. The Labute approximate surface area is 121 Å². The first-order valence-corrected chi connectivity index (χ1v) is 7.84. The third-order valence-electron chi connectivity index (χ3n) is 4.68. The number of hydrogen-bond acceptors (Lipinski definition) is 3. The van der Waals surface area contributed by atoms with Crippen molar-refractivity contribution >= 4 is 11.8 Å². The molecule has 5 nitrogen and oxygen atoms in total. The summed E-state index contributed by atoms with van der Waals surface area (Å²) in [5.41, 5.74) is 5.25. The average Bonchev–Trinajstić information content (AvgIpc) is 2.43. The van der Waals surface area contributed by atoms with Gasteiger partial charge in [-0.15, -0.1) is 0 Å². The largest absolute Gasteiger partial charge is 0.368 e. The smallest absolute Gasteiger partial charge is 0.240 e. The Hall–Kier alpha value is -1.10. The Bertz CT molecular complexity index is 370. The molecule has 0 spiro atoms. The minimum atomic E-state index is -0.446. The lowest BCUT2D eigenvalue weighted by Crippen LogP contribution is -2.57. The average molecular weight is 281 g/mol. The Morgan fingerprint density at radius 1 is 1.20 bits per heavy atom. The van der Waals surface area contributed by atoms with Crippen molar-refractivity contribution in [2.75, 3.05) is 6.54 Å². The molecule has 2 aliphatic rings. The molecule has 0 aromatic heterocycles. The van der Waals surface area contributed by atoms with Gasteiger partial charge in [0.15, 0.2) is 0 Å². The van der Waals surface area contributed by atoms with Gasteiger partial charge in [-0.3, -0.25) is 9.59 Å². The lowest BCUT2D eigenvalue weighted by atomic mass is 9.77. The number of nitrogens with zero attached hydrogens (tertiary/aromatic N) is 1. The molecule has 1 aliphatic carbocycles. The van der Waals surface area contributed by atoms with Gasteiger partial charge in [-0.2, -0.15) is 0 Å². The van der Waals surface area contributed by atoms with Crippen molar-refractivity contribution < 1.29 is 9.59 Å². The summed E-state index contributed by atoms with van der Waals surface area (Å²) in [6.45, 7) is 3.86. The minimum absolute atomic E-state index is 0.000814. The SMILES string of the molecule is CC(C)N(CC(N)=O)C(=O)C1CCC2CCCCC2N1. The first-order valence-electron chi connectivity index (χ1n) is 7.84. The number of amides is 2. The number of primary amides is 1. The lowest BCUT2D eigenvalue weighted by Gasteiger charge is -2.41. The quantitative estimate of drug-likeness (QED) is 0.808. The predicted molar refractivity (Wildman–Crippen MR) is 77.9 cm³/mol. The van der Waals surface area contributed by atoms with E-state index >= 15 is 0 Å². The molecule has 5 heteroatoms. The summed E-state index contributed by atoms with van der Waals surface area (Å²) in [5.74, 6) is 0.317. The molecule has 0 aromatic rings. The molecule has 0 radical (unpaired) electrons. The van der Waals surface area contributed by atoms with Gasteiger partial charge in [0, 0.05) is 12.1 Å². The van der Waals surface area contributed by atoms with Gasteiger partial charge >= 0.3 is 0 Å². The van der Waals surface area contributed by atoms with E-state index in [1.165, 1.54) is 25.7 Å². The monoisotopic (exact) mass is 281 g/mol. The second-order valence-corrected chi connectivity index (χ2v) is 6.47. The van der Waals surface area contributed by atoms with Crippen molar-refractivity contribution in [3.8, 4) is 0 Å². The molecule has 3 N–H and O–H groups in total. The molecule has 1 heterocycles. The zero-order chi connectivity index (χ0) is 14.7. The molecular weight excluding hydrogens is 254 g/mol. The molecule has 3 unspecified atom stereocenters. The van der Waals surface area contributed by atoms with Crippen LogP contribution in [0.15, 0.2) is 0 Å². The van der Waals surface area contributed by atoms with Gasteiger partial charge in [-0.25, -0.2) is 0 Å². The highest BCUT2D eigenvalue weighted by Gasteiger charge is 2.36. The van der Waals surface area contributed by atoms with Gasteiger partial charge < -0.3 is 16.0 Å². The number of nitrogens with one attached hydrogen (secondary N) is 1. The Balaban J connectivity index is 1.98. The fourth-order valence-corrected chi connectivity index (χ4v) is 3.57. The van der Waals surface area contributed by atoms with Crippen molar-refractivity contribution in [3.63, 3.8) is 0 Å². The van der Waals surface area contributed by atoms with E-state index in [0.29, 0.717) is 6.04 Å². The van der Waals surface area contributed by atoms with Gasteiger partial charge in [-0.05, 0) is 45.4 Å². The van der Waals surface area contributed by atoms with E-state index in [9.17, 15) is 9.59 Å². The number of fused-ring (bicyclic) bond motifs is 1. The summed E-state index contributed by atoms with van der Waals surface area (Å²) in [5, 5.41) is 3.52. The van der Waals surface area contributed by atoms with Crippen LogP contribution in [0.2, 0.25) is 0 Å². The lowest BCUT2D eigenvalue weighted by molar-refractivity contribution is -0.140. The predicted octanol–water partition coefficient (Wildman–Crippen LogP) is 1.02. The van der Waals surface area contributed by atoms with Crippen LogP contribution in [0.4, 0.5) is 0 Å². The maximum atomic E-state index is 12.6. The van der Waals surface area contributed by atoms with Crippen LogP contribution in [0.1, 0.15) is 52.4 Å². The molecule has 2 amide bonds. The molecule has 114 valence electrons. The molecular formula is C15H27N3O2. The number of carbonyl (C=O) groups excluding carboxylic acids is 2. The van der Waals surface area contributed by atoms with Crippen LogP contribution in [-0.4, -0.2) is 41.4 Å². The van der Waals surface area contributed by atoms with E-state index < -0.39 is 5.91 Å². The first kappa shape index (κ1) is 15.3. The highest BCUT2D eigenvalue weighted by atomic mass is 16.2. The standard InChI is InChI=1S/C15H27N3O2/c1-10(2)18(9-14(16)19)15(20)13-8-7-11-5-3-4-6-12(11)17-13/h10-13,17H,3-9H2,1-2H3,(H2,16,19). The van der Waals surface area contributed by atoms with E-state index in [1.54, 1.807) is 4.90 Å². The van der Waals surface area contributed by atoms with Crippen LogP contribution in [0.3, 0.4) is 0 Å². The van der Waals surface area contributed by atoms with E-state index in [4.69, 9.17) is 5.73 Å². The molecule has 2 rings (SSSR count). The van der Waals surface area contributed by atoms with E-state index in [2.05, 4.69) is 5.32 Å². The summed E-state index contributed by atoms with van der Waals surface area (Å²) in [6, 6.07) is 0.339. The van der Waals surface area contributed by atoms with Gasteiger partial charge in [0.25, 0.3) is 0 Å². The van der Waals surface area contributed by atoms with Crippen LogP contribution in [0.5, 0.6) is 0 Å². The van der Waals surface area contributed by atoms with Crippen LogP contribution in [0, 0.1) is 5.92 Å². The maximum absolute atomic E-state index is 12.6. The van der Waals surface area contributed by atoms with Crippen molar-refractivity contribution in [1.82, 2.24) is 10.2 Å². The van der Waals surface area contributed by atoms with E-state index in [0.717, 1.165) is 18.8 Å². The zero-order valence-electron chi connectivity index (χ0n) is 12.6. The number of nitrogens with two attached hydrogens (primary N) is 1. The van der Waals surface area contributed by atoms with Gasteiger partial charge in [-0.1, -0.05) is 12.8 Å². The molecule has 0 aromatic carbocycles. The number of piperidine rings is 1. The second kappa shape index (κ2) is 6.57. The molecule has 0 bridgehead atoms. The fraction of sp³-hybridized carbons (Fsp3) is 0.867. The second-order valence-electron chi connectivity index (χ2n) is 6.47. The summed E-state index contributed by atoms with van der Waals surface area (Å²) < 4.78 is 0. The van der Waals surface area contributed by atoms with Crippen molar-refractivity contribution in [2.24, 2.45) is 11.7 Å². The molecule has 2 fully saturated rings. The molecule has 1 saturated heterocycles. The summed E-state index contributed by atoms with van der Waals surface area (Å²) in [4.78, 5) is 25.3. The molecule has 3 atom stereocenters. The van der Waals surface area contributed by atoms with Crippen LogP contribution >= 0.6 is 0 Å². The number of carbonyl (C=O) groups is 2. The number of rotatable bonds is 4. The van der Waals surface area contributed by atoms with Crippen molar-refractivity contribution in [2.45, 2.75) is 70.5 Å². The van der Waals surface area contributed by atoms with Crippen molar-refractivity contribution in [3.05, 3.63) is 0 Å². The minimum Gasteiger partial charge on any atom is -0.368 e. The van der Waals surface area contributed by atoms with E-state index in [1.807, 2.05) is 13.8 Å². The zero-order valence-corrected chi connectivity index (χ0v) is 12.6. The number of hydrogen-bond donors (Lipinski definition) is 2. The Morgan fingerprint density at radius 3 is 2.55 bits per heavy atom. The third-order valence-corrected chi connectivity index (χ3v) is 4.68. The van der Waals surface area contributed by atoms with Gasteiger partial charge in [0.05, 0.1) is 12.6 Å². The van der Waals surface area contributed by atoms with Crippen LogP contribution in [-0.2, 0) is 9.59 Å². The summed E-state index contributed by atoms with van der Waals surface area (Å²) in [7, 11) is 0. The maximum Gasteiger partial charge on any atom is 0.240 e. The summed E-state index contributed by atoms with van der Waals surface area (Å²) in [6.07, 6.45) is 7.03. The Kier molecular flexibility index (Phi) is 5.02. The van der Waals surface area contributed by atoms with Crippen LogP contribution < -0.4 is 11.1 Å². The molecule has 1 aliphatic heterocycles. The topological polar surface area (TPSA) is 75.4 Å². The highest BCUT2D eigenvalue weighted by Crippen LogP contribution is 2.32. The van der Waals surface area contributed by atoms with Gasteiger partial charge in [0.2, 0.25) is 11.8 Å². The third kappa shape index (κ3) is 3.51. The molecule has 20 heavy (non-hydrogen) atoms. The van der Waals surface area contributed by atoms with Crippen molar-refractivity contribution in [1.29, 1.82) is 0 Å². The highest BCUT2D eigenvalue weighted by molar-refractivity contribution is 5.87.